The third-order valence-corrected chi connectivity index (χ3v) is 6.66. The molecule has 36 heavy (non-hydrogen) atoms. The lowest BCUT2D eigenvalue weighted by molar-refractivity contribution is -0.129. The molecule has 10 nitrogen and oxygen atoms in total. The number of ether oxygens (including phenoxy) is 2. The van der Waals surface area contributed by atoms with Crippen molar-refractivity contribution in [2.45, 2.75) is 44.9 Å². The van der Waals surface area contributed by atoms with Crippen LogP contribution in [0.2, 0.25) is 0 Å². The van der Waals surface area contributed by atoms with E-state index in [0.717, 1.165) is 37.0 Å². The number of rotatable bonds is 5. The first kappa shape index (κ1) is 22.5. The van der Waals surface area contributed by atoms with Crippen LogP contribution < -0.4 is 25.6 Å². The maximum absolute atomic E-state index is 14.5. The Bertz CT molecular complexity index is 1370. The number of nitrogens with zero attached hydrogens (tertiary/aromatic N) is 4. The van der Waals surface area contributed by atoms with Gasteiger partial charge >= 0.3 is 0 Å². The minimum absolute atomic E-state index is 0.0511. The summed E-state index contributed by atoms with van der Waals surface area (Å²) >= 11 is 0. The number of pyridine rings is 1. The van der Waals surface area contributed by atoms with E-state index in [1.165, 1.54) is 5.69 Å². The normalized spacial score (nSPS) is 21.6. The number of anilines is 6. The molecule has 2 saturated heterocycles. The average molecular weight is 492 g/mol. The summed E-state index contributed by atoms with van der Waals surface area (Å²) in [6, 6.07) is 9.79. The van der Waals surface area contributed by atoms with Crippen LogP contribution in [0.5, 0.6) is 5.75 Å². The number of amides is 1. The molecule has 3 aliphatic heterocycles. The van der Waals surface area contributed by atoms with Crippen molar-refractivity contribution in [1.82, 2.24) is 15.0 Å². The molecule has 6 rings (SSSR count). The molecule has 2 bridgehead atoms. The summed E-state index contributed by atoms with van der Waals surface area (Å²) in [7, 11) is 0. The van der Waals surface area contributed by atoms with Crippen LogP contribution in [0.25, 0.3) is 0 Å². The Hall–Kier alpha value is -3.99. The van der Waals surface area contributed by atoms with Gasteiger partial charge in [0.15, 0.2) is 28.8 Å². The van der Waals surface area contributed by atoms with Gasteiger partial charge in [-0.15, -0.1) is 0 Å². The Morgan fingerprint density at radius 2 is 2.06 bits per heavy atom. The number of hydrogen-bond donors (Lipinski definition) is 3. The highest BCUT2D eigenvalue weighted by Crippen LogP contribution is 2.36. The van der Waals surface area contributed by atoms with Gasteiger partial charge in [0, 0.05) is 17.9 Å². The number of aryl methyl sites for hydroxylation is 1. The van der Waals surface area contributed by atoms with Gasteiger partial charge in [0.05, 0.1) is 24.9 Å². The third kappa shape index (κ3) is 4.05. The first-order valence-electron chi connectivity index (χ1n) is 11.8. The van der Waals surface area contributed by atoms with E-state index in [1.54, 1.807) is 26.0 Å². The maximum atomic E-state index is 14.5. The maximum Gasteiger partial charge on any atom is 0.269 e. The van der Waals surface area contributed by atoms with Crippen molar-refractivity contribution >= 4 is 40.7 Å². The van der Waals surface area contributed by atoms with Gasteiger partial charge in [0.2, 0.25) is 5.95 Å². The lowest BCUT2D eigenvalue weighted by atomic mass is 10.1. The van der Waals surface area contributed by atoms with Crippen molar-refractivity contribution in [2.75, 3.05) is 34.0 Å². The number of fused-ring (bicyclic) bond motifs is 3. The van der Waals surface area contributed by atoms with E-state index >= 15 is 0 Å². The molecule has 0 aliphatic carbocycles. The summed E-state index contributed by atoms with van der Waals surface area (Å²) < 4.78 is 25.9. The van der Waals surface area contributed by atoms with Gasteiger partial charge in [0.25, 0.3) is 5.91 Å². The molecular formula is C25H26FN7O3. The molecule has 3 aliphatic rings. The molecule has 3 N–H and O–H groups in total. The van der Waals surface area contributed by atoms with Crippen molar-refractivity contribution in [3.05, 3.63) is 47.9 Å². The molecular weight excluding hydrogens is 465 g/mol. The molecule has 1 amide bonds. The Morgan fingerprint density at radius 3 is 2.81 bits per heavy atom. The minimum Gasteiger partial charge on any atom is -0.474 e. The second kappa shape index (κ2) is 8.30. The van der Waals surface area contributed by atoms with E-state index in [-0.39, 0.29) is 23.5 Å². The van der Waals surface area contributed by atoms with Gasteiger partial charge in [-0.1, -0.05) is 0 Å². The zero-order chi connectivity index (χ0) is 25.0. The van der Waals surface area contributed by atoms with Crippen molar-refractivity contribution in [3.63, 3.8) is 0 Å². The average Bonchev–Trinajstić information content (AvgIpc) is 3.46. The first-order valence-corrected chi connectivity index (χ1v) is 11.8. The van der Waals surface area contributed by atoms with E-state index in [1.807, 2.05) is 12.1 Å². The quantitative estimate of drug-likeness (QED) is 0.489. The predicted molar refractivity (Wildman–Crippen MR) is 133 cm³/mol. The number of halogens is 1. The van der Waals surface area contributed by atoms with E-state index < -0.39 is 11.4 Å². The first-order chi connectivity index (χ1) is 17.2. The summed E-state index contributed by atoms with van der Waals surface area (Å²) in [6.07, 6.45) is 2.49. The molecule has 1 aromatic carbocycles. The largest absolute Gasteiger partial charge is 0.474 e. The summed E-state index contributed by atoms with van der Waals surface area (Å²) in [5.74, 6) is 0.214. The van der Waals surface area contributed by atoms with Gasteiger partial charge < -0.3 is 30.3 Å². The van der Waals surface area contributed by atoms with E-state index in [9.17, 15) is 9.18 Å². The molecule has 3 aromatic rings. The van der Waals surface area contributed by atoms with Gasteiger partial charge in [-0.3, -0.25) is 4.79 Å². The summed E-state index contributed by atoms with van der Waals surface area (Å²) in [4.78, 5) is 27.3. The van der Waals surface area contributed by atoms with Crippen LogP contribution in [0, 0.1) is 12.7 Å². The van der Waals surface area contributed by atoms with Crippen LogP contribution in [-0.2, 0) is 9.53 Å². The van der Waals surface area contributed by atoms with Crippen LogP contribution >= 0.6 is 0 Å². The lowest BCUT2D eigenvalue weighted by Gasteiger charge is -2.30. The number of carbonyl (C=O) groups is 1. The van der Waals surface area contributed by atoms with Crippen LogP contribution in [0.3, 0.4) is 0 Å². The predicted octanol–water partition coefficient (Wildman–Crippen LogP) is 3.89. The van der Waals surface area contributed by atoms with Gasteiger partial charge in [-0.2, -0.15) is 4.98 Å². The molecule has 11 heteroatoms. The zero-order valence-electron chi connectivity index (χ0n) is 20.1. The van der Waals surface area contributed by atoms with Crippen LogP contribution in [0.4, 0.5) is 39.2 Å². The van der Waals surface area contributed by atoms with Gasteiger partial charge in [0.1, 0.15) is 5.82 Å². The second-order valence-electron chi connectivity index (χ2n) is 9.75. The lowest BCUT2D eigenvalue weighted by Crippen LogP contribution is -2.46. The standard InChI is InChI=1S/C25H26FN7O3/c1-13-8-14(4-5-18(13)33-11-16-9-15(33)12-35-16)28-24-27-10-17(26)21(32-24)29-20-7-6-19-22(30-20)31-23(34)25(2,3)36-19/h4-8,10,15-16H,9,11-12H2,1-3H3,(H3,27,28,29,30,31,32,34). The van der Waals surface area contributed by atoms with Crippen LogP contribution in [0.1, 0.15) is 25.8 Å². The molecule has 2 aromatic heterocycles. The monoisotopic (exact) mass is 491 g/mol. The van der Waals surface area contributed by atoms with Crippen molar-refractivity contribution < 1.29 is 18.7 Å². The van der Waals surface area contributed by atoms with E-state index in [0.29, 0.717) is 23.7 Å². The summed E-state index contributed by atoms with van der Waals surface area (Å²) in [6.45, 7) is 7.10. The number of nitrogens with one attached hydrogen (secondary N) is 3. The smallest absolute Gasteiger partial charge is 0.269 e. The molecule has 2 atom stereocenters. The van der Waals surface area contributed by atoms with E-state index in [4.69, 9.17) is 9.47 Å². The highest BCUT2D eigenvalue weighted by atomic mass is 19.1. The number of aromatic nitrogens is 3. The molecule has 0 radical (unpaired) electrons. The Balaban J connectivity index is 1.19. The zero-order valence-corrected chi connectivity index (χ0v) is 20.1. The summed E-state index contributed by atoms with van der Waals surface area (Å²) in [5.41, 5.74) is 2.11. The second-order valence-corrected chi connectivity index (χ2v) is 9.75. The highest BCUT2D eigenvalue weighted by molar-refractivity contribution is 5.99. The van der Waals surface area contributed by atoms with Crippen LogP contribution in [0.15, 0.2) is 36.5 Å². The topological polar surface area (TPSA) is 114 Å². The Labute approximate surface area is 207 Å². The fraction of sp³-hybridized carbons (Fsp3) is 0.360. The van der Waals surface area contributed by atoms with Gasteiger partial charge in [-0.05, 0) is 63.1 Å². The highest BCUT2D eigenvalue weighted by Gasteiger charge is 2.39. The SMILES string of the molecule is Cc1cc(Nc2ncc(F)c(Nc3ccc4c(n3)NC(=O)C(C)(C)O4)n2)ccc1N1CC2CC1CO2. The molecule has 2 unspecified atom stereocenters. The molecule has 186 valence electrons. The number of hydrogen-bond acceptors (Lipinski definition) is 9. The molecule has 0 saturated carbocycles. The Morgan fingerprint density at radius 1 is 1.19 bits per heavy atom. The fourth-order valence-electron chi connectivity index (χ4n) is 4.78. The fourth-order valence-corrected chi connectivity index (χ4v) is 4.78. The Kier molecular flexibility index (Phi) is 5.18. The minimum atomic E-state index is -0.998. The van der Waals surface area contributed by atoms with Crippen molar-refractivity contribution in [2.24, 2.45) is 0 Å². The van der Waals surface area contributed by atoms with Gasteiger partial charge in [-0.25, -0.2) is 14.4 Å². The number of morpholine rings is 1. The van der Waals surface area contributed by atoms with E-state index in [2.05, 4.69) is 48.8 Å². The molecule has 5 heterocycles. The van der Waals surface area contributed by atoms with Crippen LogP contribution in [-0.4, -0.2) is 51.8 Å². The van der Waals surface area contributed by atoms with Crippen molar-refractivity contribution in [1.29, 1.82) is 0 Å². The van der Waals surface area contributed by atoms with Crippen molar-refractivity contribution in [3.8, 4) is 5.75 Å². The molecule has 2 fully saturated rings. The number of benzene rings is 1. The third-order valence-electron chi connectivity index (χ3n) is 6.66. The number of carbonyl (C=O) groups excluding carboxylic acids is 1. The molecule has 0 spiro atoms. The summed E-state index contributed by atoms with van der Waals surface area (Å²) in [5, 5.41) is 8.71.